The molecule has 0 saturated carbocycles. The van der Waals surface area contributed by atoms with Gasteiger partial charge in [-0.3, -0.25) is 19.4 Å². The van der Waals surface area contributed by atoms with E-state index in [-0.39, 0.29) is 18.3 Å². The van der Waals surface area contributed by atoms with Gasteiger partial charge in [0, 0.05) is 30.1 Å². The van der Waals surface area contributed by atoms with Gasteiger partial charge in [-0.05, 0) is 43.7 Å². The number of carbonyl (C=O) groups excluding carboxylic acids is 3. The van der Waals surface area contributed by atoms with E-state index in [1.54, 1.807) is 6.20 Å². The summed E-state index contributed by atoms with van der Waals surface area (Å²) in [5, 5.41) is 18.3. The topological polar surface area (TPSA) is 231 Å². The third kappa shape index (κ3) is 9.93. The smallest absolute Gasteiger partial charge is 0.326 e. The highest BCUT2D eigenvalue weighted by molar-refractivity contribution is 5.94. The van der Waals surface area contributed by atoms with Crippen LogP contribution in [0.1, 0.15) is 45.6 Å². The van der Waals surface area contributed by atoms with Gasteiger partial charge in [-0.2, -0.15) is 0 Å². The van der Waals surface area contributed by atoms with Crippen LogP contribution in [-0.2, 0) is 25.6 Å². The number of aliphatic imine (C=N–C) groups is 1. The first-order valence-electron chi connectivity index (χ1n) is 12.9. The maximum atomic E-state index is 13.0. The van der Waals surface area contributed by atoms with E-state index in [9.17, 15) is 24.3 Å². The molecule has 0 fully saturated rings. The Balaban J connectivity index is 1.98. The Hall–Kier alpha value is -4.13. The Labute approximate surface area is 227 Å². The molecule has 0 spiro atoms. The predicted octanol–water partition coefficient (Wildman–Crippen LogP) is -0.304. The number of hydrogen-bond acceptors (Lipinski definition) is 6. The maximum Gasteiger partial charge on any atom is 0.326 e. The second-order valence-corrected chi connectivity index (χ2v) is 9.94. The molecule has 1 aromatic heterocycles. The molecule has 2 aromatic rings. The van der Waals surface area contributed by atoms with Crippen molar-refractivity contribution in [3.63, 3.8) is 0 Å². The van der Waals surface area contributed by atoms with Crippen LogP contribution in [0, 0.1) is 5.92 Å². The number of benzene rings is 1. The molecule has 0 saturated heterocycles. The number of nitrogens with one attached hydrogen (secondary N) is 4. The molecule has 4 unspecified atom stereocenters. The number of para-hydroxylation sites is 1. The molecule has 0 radical (unpaired) electrons. The lowest BCUT2D eigenvalue weighted by Gasteiger charge is -2.24. The first kappa shape index (κ1) is 31.1. The number of nitrogens with two attached hydrogens (primary N) is 3. The largest absolute Gasteiger partial charge is 0.480 e. The number of carboxylic acid groups (broad SMARTS) is 1. The van der Waals surface area contributed by atoms with Crippen molar-refractivity contribution in [3.05, 3.63) is 36.0 Å². The van der Waals surface area contributed by atoms with E-state index in [1.165, 1.54) is 6.92 Å². The van der Waals surface area contributed by atoms with Crippen molar-refractivity contribution in [3.8, 4) is 0 Å². The second kappa shape index (κ2) is 14.7. The Kier molecular flexibility index (Phi) is 11.7. The molecule has 13 nitrogen and oxygen atoms in total. The molecule has 0 aliphatic heterocycles. The lowest BCUT2D eigenvalue weighted by Crippen LogP contribution is -2.56. The average Bonchev–Trinajstić information content (AvgIpc) is 3.27. The molecule has 0 bridgehead atoms. The Bertz CT molecular complexity index is 1170. The number of rotatable bonds is 15. The van der Waals surface area contributed by atoms with Crippen molar-refractivity contribution in [2.24, 2.45) is 28.1 Å². The minimum Gasteiger partial charge on any atom is -0.480 e. The van der Waals surface area contributed by atoms with Crippen molar-refractivity contribution in [2.75, 3.05) is 6.54 Å². The highest BCUT2D eigenvalue weighted by Gasteiger charge is 2.29. The molecule has 4 atom stereocenters. The fourth-order valence-electron chi connectivity index (χ4n) is 4.03. The van der Waals surface area contributed by atoms with Crippen LogP contribution < -0.4 is 33.2 Å². The van der Waals surface area contributed by atoms with Gasteiger partial charge in [0.15, 0.2) is 5.96 Å². The zero-order valence-corrected chi connectivity index (χ0v) is 22.6. The van der Waals surface area contributed by atoms with Crippen LogP contribution in [-0.4, -0.2) is 70.5 Å². The van der Waals surface area contributed by atoms with Gasteiger partial charge < -0.3 is 43.2 Å². The van der Waals surface area contributed by atoms with E-state index < -0.39 is 47.9 Å². The molecule has 0 aliphatic carbocycles. The normalized spacial score (nSPS) is 14.2. The van der Waals surface area contributed by atoms with E-state index in [0.717, 1.165) is 16.5 Å². The van der Waals surface area contributed by atoms with Gasteiger partial charge in [-0.15, -0.1) is 0 Å². The number of H-pyrrole nitrogens is 1. The minimum atomic E-state index is -1.21. The summed E-state index contributed by atoms with van der Waals surface area (Å²) >= 11 is 0. The van der Waals surface area contributed by atoms with Gasteiger partial charge in [-0.1, -0.05) is 32.0 Å². The van der Waals surface area contributed by atoms with Gasteiger partial charge >= 0.3 is 5.97 Å². The summed E-state index contributed by atoms with van der Waals surface area (Å²) in [4.78, 5) is 57.2. The van der Waals surface area contributed by atoms with Gasteiger partial charge in [0.25, 0.3) is 0 Å². The number of amides is 3. The third-order valence-corrected chi connectivity index (χ3v) is 6.11. The molecule has 39 heavy (non-hydrogen) atoms. The third-order valence-electron chi connectivity index (χ3n) is 6.11. The second-order valence-electron chi connectivity index (χ2n) is 9.94. The number of aromatic nitrogens is 1. The fraction of sp³-hybridized carbons (Fsp3) is 0.500. The van der Waals surface area contributed by atoms with Crippen LogP contribution in [0.5, 0.6) is 0 Å². The van der Waals surface area contributed by atoms with Gasteiger partial charge in [0.2, 0.25) is 17.7 Å². The van der Waals surface area contributed by atoms with Crippen molar-refractivity contribution in [2.45, 2.75) is 70.6 Å². The van der Waals surface area contributed by atoms with E-state index in [0.29, 0.717) is 25.8 Å². The van der Waals surface area contributed by atoms with Crippen LogP contribution in [0.25, 0.3) is 10.9 Å². The number of nitrogens with zero attached hydrogens (tertiary/aromatic N) is 1. The van der Waals surface area contributed by atoms with E-state index in [4.69, 9.17) is 17.2 Å². The zero-order chi connectivity index (χ0) is 29.1. The van der Waals surface area contributed by atoms with Crippen LogP contribution in [0.3, 0.4) is 0 Å². The number of carboxylic acids is 1. The molecule has 1 heterocycles. The standard InChI is InChI=1S/C26H40N8O5/c1-14(2)11-20(33-23(36)18(27)8-6-10-30-26(28)29)24(37)32-15(3)22(35)34-21(25(38)39)12-16-13-31-19-9-5-4-7-17(16)19/h4-5,7,9,13-15,18,20-21,31H,6,8,10-12,27H2,1-3H3,(H,32,37)(H,33,36)(H,34,35)(H,38,39)(H4,28,29,30). The molecule has 1 aromatic carbocycles. The Morgan fingerprint density at radius 3 is 2.28 bits per heavy atom. The van der Waals surface area contributed by atoms with Gasteiger partial charge in [0.05, 0.1) is 6.04 Å². The van der Waals surface area contributed by atoms with Crippen molar-refractivity contribution < 1.29 is 24.3 Å². The first-order chi connectivity index (χ1) is 18.4. The Morgan fingerprint density at radius 1 is 0.974 bits per heavy atom. The van der Waals surface area contributed by atoms with Crippen molar-refractivity contribution in [1.82, 2.24) is 20.9 Å². The number of aromatic amines is 1. The van der Waals surface area contributed by atoms with Crippen LogP contribution in [0.15, 0.2) is 35.5 Å². The summed E-state index contributed by atoms with van der Waals surface area (Å²) in [6.07, 6.45) is 2.87. The highest BCUT2D eigenvalue weighted by atomic mass is 16.4. The minimum absolute atomic E-state index is 0.0486. The number of guanidine groups is 1. The molecule has 214 valence electrons. The molecular formula is C26H40N8O5. The maximum absolute atomic E-state index is 13.0. The fourth-order valence-corrected chi connectivity index (χ4v) is 4.03. The van der Waals surface area contributed by atoms with E-state index >= 15 is 0 Å². The van der Waals surface area contributed by atoms with Crippen molar-refractivity contribution in [1.29, 1.82) is 0 Å². The van der Waals surface area contributed by atoms with E-state index in [1.807, 2.05) is 38.1 Å². The predicted molar refractivity (Wildman–Crippen MR) is 148 cm³/mol. The Morgan fingerprint density at radius 2 is 1.64 bits per heavy atom. The summed E-state index contributed by atoms with van der Waals surface area (Å²) in [5.74, 6) is -2.95. The summed E-state index contributed by atoms with van der Waals surface area (Å²) < 4.78 is 0. The van der Waals surface area contributed by atoms with Crippen LogP contribution in [0.2, 0.25) is 0 Å². The van der Waals surface area contributed by atoms with Gasteiger partial charge in [-0.25, -0.2) is 4.79 Å². The zero-order valence-electron chi connectivity index (χ0n) is 22.6. The number of hydrogen-bond donors (Lipinski definition) is 8. The highest BCUT2D eigenvalue weighted by Crippen LogP contribution is 2.19. The van der Waals surface area contributed by atoms with E-state index in [2.05, 4.69) is 25.9 Å². The number of fused-ring (bicyclic) bond motifs is 1. The molecule has 0 aliphatic rings. The van der Waals surface area contributed by atoms with Crippen LogP contribution >= 0.6 is 0 Å². The summed E-state index contributed by atoms with van der Waals surface area (Å²) in [7, 11) is 0. The SMILES string of the molecule is CC(C)CC(NC(=O)C(N)CCCN=C(N)N)C(=O)NC(C)C(=O)NC(Cc1c[nH]c2ccccc12)C(=O)O. The number of aliphatic carboxylic acids is 1. The molecular weight excluding hydrogens is 504 g/mol. The molecule has 3 amide bonds. The average molecular weight is 545 g/mol. The lowest BCUT2D eigenvalue weighted by atomic mass is 10.0. The summed E-state index contributed by atoms with van der Waals surface area (Å²) in [5.41, 5.74) is 18.1. The van der Waals surface area contributed by atoms with Crippen molar-refractivity contribution >= 4 is 40.6 Å². The number of carbonyl (C=O) groups is 4. The van der Waals surface area contributed by atoms with Gasteiger partial charge in [0.1, 0.15) is 18.1 Å². The molecule has 13 heteroatoms. The molecule has 2 rings (SSSR count). The summed E-state index contributed by atoms with van der Waals surface area (Å²) in [6, 6.07) is 3.38. The molecule has 11 N–H and O–H groups in total. The lowest BCUT2D eigenvalue weighted by molar-refractivity contribution is -0.142. The van der Waals surface area contributed by atoms with Crippen LogP contribution in [0.4, 0.5) is 0 Å². The first-order valence-corrected chi connectivity index (χ1v) is 12.9. The monoisotopic (exact) mass is 544 g/mol. The quantitative estimate of drug-likeness (QED) is 0.0840. The summed E-state index contributed by atoms with van der Waals surface area (Å²) in [6.45, 7) is 5.55.